The molecule has 1 fully saturated rings. The van der Waals surface area contributed by atoms with E-state index in [0.717, 1.165) is 17.7 Å². The molecule has 0 spiro atoms. The maximum Gasteiger partial charge on any atom is 0.333 e. The van der Waals surface area contributed by atoms with Crippen LogP contribution in [0.3, 0.4) is 0 Å². The predicted molar refractivity (Wildman–Crippen MR) is 140 cm³/mol. The summed E-state index contributed by atoms with van der Waals surface area (Å²) in [7, 11) is 0. The summed E-state index contributed by atoms with van der Waals surface area (Å²) in [5.41, 5.74) is -0.856. The number of nitrogens with zero attached hydrogens (tertiary/aromatic N) is 5. The fourth-order valence-corrected chi connectivity index (χ4v) is 4.28. The number of hydrogen-bond acceptors (Lipinski definition) is 8. The number of anilines is 1. The van der Waals surface area contributed by atoms with Gasteiger partial charge in [0.05, 0.1) is 19.7 Å². The highest BCUT2D eigenvalue weighted by Gasteiger charge is 2.26. The van der Waals surface area contributed by atoms with Gasteiger partial charge in [-0.3, -0.25) is 23.3 Å². The van der Waals surface area contributed by atoms with Crippen molar-refractivity contribution in [2.45, 2.75) is 33.5 Å². The third-order valence-electron chi connectivity index (χ3n) is 5.90. The van der Waals surface area contributed by atoms with Crippen LogP contribution in [0.2, 0.25) is 5.02 Å². The van der Waals surface area contributed by atoms with Crippen molar-refractivity contribution >= 4 is 34.7 Å². The molecule has 11 nitrogen and oxygen atoms in total. The first-order valence-electron chi connectivity index (χ1n) is 12.1. The number of ether oxygens (including phenoxy) is 2. The molecule has 0 atom stereocenters. The molecule has 0 amide bonds. The highest BCUT2D eigenvalue weighted by Crippen LogP contribution is 2.21. The van der Waals surface area contributed by atoms with Crippen LogP contribution in [0, 0.1) is 11.8 Å². The number of fused-ring (bicyclic) bond motifs is 1. The fourth-order valence-electron chi connectivity index (χ4n) is 4.15. The molecule has 0 radical (unpaired) electrons. The molecule has 1 aliphatic heterocycles. The van der Waals surface area contributed by atoms with Crippen molar-refractivity contribution < 1.29 is 14.3 Å². The second-order valence-electron chi connectivity index (χ2n) is 8.27. The van der Waals surface area contributed by atoms with Gasteiger partial charge < -0.3 is 19.7 Å². The summed E-state index contributed by atoms with van der Waals surface area (Å²) < 4.78 is 14.8. The number of aromatic nitrogens is 4. The number of nitrogens with one attached hydrogen (secondary N) is 1. The minimum Gasteiger partial charge on any atom is -0.492 e. The van der Waals surface area contributed by atoms with Crippen LogP contribution >= 0.6 is 11.6 Å². The first kappa shape index (κ1) is 26.3. The molecule has 0 aliphatic carbocycles. The van der Waals surface area contributed by atoms with Gasteiger partial charge in [-0.25, -0.2) is 4.79 Å². The summed E-state index contributed by atoms with van der Waals surface area (Å²) in [5, 5.41) is 3.86. The molecule has 2 aromatic heterocycles. The summed E-state index contributed by atoms with van der Waals surface area (Å²) >= 11 is 5.92. The highest BCUT2D eigenvalue weighted by atomic mass is 35.5. The molecule has 37 heavy (non-hydrogen) atoms. The molecule has 3 heterocycles. The summed E-state index contributed by atoms with van der Waals surface area (Å²) in [4.78, 5) is 46.3. The minimum absolute atomic E-state index is 0.0351. The Morgan fingerprint density at radius 1 is 1.14 bits per heavy atom. The highest BCUT2D eigenvalue weighted by molar-refractivity contribution is 6.30. The Morgan fingerprint density at radius 3 is 2.54 bits per heavy atom. The Bertz CT molecular complexity index is 1440. The summed E-state index contributed by atoms with van der Waals surface area (Å²) in [6.07, 6.45) is 0. The number of carbonyl (C=O) groups is 1. The summed E-state index contributed by atoms with van der Waals surface area (Å²) in [6.45, 7) is 6.27. The van der Waals surface area contributed by atoms with E-state index in [1.807, 2.05) is 4.90 Å². The molecule has 1 aliphatic rings. The minimum atomic E-state index is -0.664. The zero-order valence-electron chi connectivity index (χ0n) is 20.8. The van der Waals surface area contributed by atoms with E-state index in [0.29, 0.717) is 29.8 Å². The van der Waals surface area contributed by atoms with Crippen molar-refractivity contribution in [3.63, 3.8) is 0 Å². The van der Waals surface area contributed by atoms with Gasteiger partial charge in [0.15, 0.2) is 11.2 Å². The van der Waals surface area contributed by atoms with E-state index in [1.54, 1.807) is 42.7 Å². The second kappa shape index (κ2) is 12.0. The molecule has 4 rings (SSSR count). The van der Waals surface area contributed by atoms with Crippen LogP contribution in [0.5, 0.6) is 5.75 Å². The zero-order chi connectivity index (χ0) is 26.4. The largest absolute Gasteiger partial charge is 0.492 e. The SMILES string of the molecule is CC#CCn1c(N2CCNCC2)nc2c1c(=O)n(CCOc1ccc(Cl)cc1)c(=O)n2CC(=O)OCC. The van der Waals surface area contributed by atoms with Crippen LogP contribution in [0.15, 0.2) is 33.9 Å². The Labute approximate surface area is 218 Å². The topological polar surface area (TPSA) is 113 Å². The van der Waals surface area contributed by atoms with Gasteiger partial charge in [-0.1, -0.05) is 17.5 Å². The van der Waals surface area contributed by atoms with Crippen LogP contribution < -0.4 is 26.2 Å². The number of halogens is 1. The quantitative estimate of drug-likeness (QED) is 0.324. The lowest BCUT2D eigenvalue weighted by Crippen LogP contribution is -2.44. The summed E-state index contributed by atoms with van der Waals surface area (Å²) in [6, 6.07) is 6.77. The van der Waals surface area contributed by atoms with Gasteiger partial charge in [-0.2, -0.15) is 4.98 Å². The van der Waals surface area contributed by atoms with Crippen molar-refractivity contribution in [2.75, 3.05) is 44.3 Å². The number of carbonyl (C=O) groups excluding carboxylic acids is 1. The molecule has 0 unspecified atom stereocenters. The van der Waals surface area contributed by atoms with Gasteiger partial charge in [-0.05, 0) is 38.1 Å². The zero-order valence-corrected chi connectivity index (χ0v) is 21.6. The van der Waals surface area contributed by atoms with Gasteiger partial charge in [0.25, 0.3) is 5.56 Å². The Balaban J connectivity index is 1.82. The maximum atomic E-state index is 13.7. The Kier molecular flexibility index (Phi) is 8.53. The van der Waals surface area contributed by atoms with E-state index < -0.39 is 17.2 Å². The Hall–Kier alpha value is -3.75. The number of imidazole rings is 1. The van der Waals surface area contributed by atoms with Crippen molar-refractivity contribution in [1.29, 1.82) is 0 Å². The van der Waals surface area contributed by atoms with Crippen molar-refractivity contribution in [3.05, 3.63) is 50.1 Å². The van der Waals surface area contributed by atoms with Crippen LogP contribution in [0.1, 0.15) is 13.8 Å². The molecule has 196 valence electrons. The van der Waals surface area contributed by atoms with Crippen molar-refractivity contribution in [3.8, 4) is 17.6 Å². The monoisotopic (exact) mass is 528 g/mol. The molecule has 0 saturated carbocycles. The Morgan fingerprint density at radius 2 is 1.86 bits per heavy atom. The molecule has 3 aromatic rings. The fraction of sp³-hybridized carbons (Fsp3) is 0.440. The number of piperazine rings is 1. The van der Waals surface area contributed by atoms with Gasteiger partial charge in [0.2, 0.25) is 5.95 Å². The number of esters is 1. The lowest BCUT2D eigenvalue weighted by atomic mass is 10.3. The molecular weight excluding hydrogens is 500 g/mol. The van der Waals surface area contributed by atoms with E-state index in [1.165, 1.54) is 4.57 Å². The van der Waals surface area contributed by atoms with E-state index in [-0.39, 0.29) is 44.0 Å². The van der Waals surface area contributed by atoms with Gasteiger partial charge >= 0.3 is 11.7 Å². The molecule has 1 aromatic carbocycles. The van der Waals surface area contributed by atoms with Crippen LogP contribution in [0.25, 0.3) is 11.2 Å². The van der Waals surface area contributed by atoms with E-state index in [2.05, 4.69) is 17.2 Å². The van der Waals surface area contributed by atoms with Crippen LogP contribution in [0.4, 0.5) is 5.95 Å². The third kappa shape index (κ3) is 5.81. The van der Waals surface area contributed by atoms with Crippen LogP contribution in [-0.4, -0.2) is 64.0 Å². The van der Waals surface area contributed by atoms with Gasteiger partial charge in [0, 0.05) is 31.2 Å². The number of benzene rings is 1. The summed E-state index contributed by atoms with van der Waals surface area (Å²) in [5.74, 6) is 6.34. The number of hydrogen-bond donors (Lipinski definition) is 1. The van der Waals surface area contributed by atoms with E-state index in [4.69, 9.17) is 26.1 Å². The molecule has 1 saturated heterocycles. The van der Waals surface area contributed by atoms with Gasteiger partial charge in [0.1, 0.15) is 18.9 Å². The lowest BCUT2D eigenvalue weighted by molar-refractivity contribution is -0.143. The van der Waals surface area contributed by atoms with Crippen molar-refractivity contribution in [2.24, 2.45) is 0 Å². The standard InChI is InChI=1S/C25H29ClN6O5/c1-3-5-12-30-21-22(28-24(30)29-13-10-27-11-14-29)32(17-20(33)36-4-2)25(35)31(23(21)34)15-16-37-19-8-6-18(26)7-9-19/h6-9,27H,4,10-17H2,1-2H3. The molecular formula is C25H29ClN6O5. The maximum absolute atomic E-state index is 13.7. The first-order valence-corrected chi connectivity index (χ1v) is 12.5. The molecule has 0 bridgehead atoms. The lowest BCUT2D eigenvalue weighted by Gasteiger charge is -2.28. The average molecular weight is 529 g/mol. The third-order valence-corrected chi connectivity index (χ3v) is 6.15. The number of rotatable bonds is 9. The van der Waals surface area contributed by atoms with E-state index >= 15 is 0 Å². The van der Waals surface area contributed by atoms with Crippen LogP contribution in [-0.2, 0) is 29.2 Å². The van der Waals surface area contributed by atoms with Gasteiger partial charge in [-0.15, -0.1) is 5.92 Å². The average Bonchev–Trinajstić information content (AvgIpc) is 3.28. The van der Waals surface area contributed by atoms with Crippen molar-refractivity contribution in [1.82, 2.24) is 24.0 Å². The molecule has 12 heteroatoms. The second-order valence-corrected chi connectivity index (χ2v) is 8.70. The van der Waals surface area contributed by atoms with E-state index in [9.17, 15) is 14.4 Å². The predicted octanol–water partition coefficient (Wildman–Crippen LogP) is 1.09. The smallest absolute Gasteiger partial charge is 0.333 e. The molecule has 1 N–H and O–H groups in total. The first-order chi connectivity index (χ1) is 17.9. The normalized spacial score (nSPS) is 13.3.